The van der Waals surface area contributed by atoms with E-state index in [1.54, 1.807) is 19.1 Å². The predicted molar refractivity (Wildman–Crippen MR) is 111 cm³/mol. The summed E-state index contributed by atoms with van der Waals surface area (Å²) in [5, 5.41) is 2.89. The van der Waals surface area contributed by atoms with Crippen molar-refractivity contribution in [2.24, 2.45) is 5.92 Å². The van der Waals surface area contributed by atoms with Crippen LogP contribution >= 0.6 is 15.9 Å². The second-order valence-corrected chi connectivity index (χ2v) is 10.4. The van der Waals surface area contributed by atoms with Gasteiger partial charge in [-0.3, -0.25) is 9.59 Å². The van der Waals surface area contributed by atoms with Crippen LogP contribution in [0, 0.1) is 5.92 Å². The molecule has 2 aliphatic heterocycles. The van der Waals surface area contributed by atoms with Crippen LogP contribution in [0.25, 0.3) is 0 Å². The van der Waals surface area contributed by atoms with Gasteiger partial charge in [-0.25, -0.2) is 8.42 Å². The zero-order chi connectivity index (χ0) is 21.2. The van der Waals surface area contributed by atoms with E-state index < -0.39 is 15.8 Å². The highest BCUT2D eigenvalue weighted by molar-refractivity contribution is 9.10. The Morgan fingerprint density at radius 3 is 2.59 bits per heavy atom. The lowest BCUT2D eigenvalue weighted by Crippen LogP contribution is -2.39. The first-order valence-electron chi connectivity index (χ1n) is 9.42. The second kappa shape index (κ2) is 8.91. The third kappa shape index (κ3) is 5.03. The number of benzene rings is 1. The molecule has 2 amide bonds. The van der Waals surface area contributed by atoms with E-state index in [2.05, 4.69) is 21.2 Å². The number of carbonyl (C=O) groups excluding carboxylic acids is 2. The number of ether oxygens (including phenoxy) is 2. The minimum absolute atomic E-state index is 0.000405. The molecule has 0 spiro atoms. The van der Waals surface area contributed by atoms with Gasteiger partial charge in [0.05, 0.1) is 31.6 Å². The fourth-order valence-corrected chi connectivity index (χ4v) is 6.09. The summed E-state index contributed by atoms with van der Waals surface area (Å²) in [6.45, 7) is 0.695. The van der Waals surface area contributed by atoms with Crippen LogP contribution in [-0.2, 0) is 25.8 Å². The van der Waals surface area contributed by atoms with E-state index in [4.69, 9.17) is 9.47 Å². The summed E-state index contributed by atoms with van der Waals surface area (Å²) in [5.41, 5.74) is 0.961. The maximum Gasteiger partial charge on any atom is 0.225 e. The van der Waals surface area contributed by atoms with Gasteiger partial charge in [-0.05, 0) is 30.5 Å². The van der Waals surface area contributed by atoms with Crippen molar-refractivity contribution in [2.75, 3.05) is 38.8 Å². The highest BCUT2D eigenvalue weighted by atomic mass is 79.9. The van der Waals surface area contributed by atoms with Crippen molar-refractivity contribution < 1.29 is 27.5 Å². The number of amides is 2. The van der Waals surface area contributed by atoms with Crippen LogP contribution in [0.3, 0.4) is 0 Å². The first-order valence-corrected chi connectivity index (χ1v) is 12.0. The third-order valence-corrected chi connectivity index (χ3v) is 7.91. The fraction of sp³-hybridized carbons (Fsp3) is 0.579. The molecule has 0 aromatic heterocycles. The molecule has 2 heterocycles. The van der Waals surface area contributed by atoms with Crippen molar-refractivity contribution in [3.8, 4) is 11.5 Å². The SMILES string of the molecule is COc1cc(Br)c(CCNC(=O)[C@@H]2CC(=O)N([C@@H]3CCS(=O)(=O)C3)C2)cc1OC. The lowest BCUT2D eigenvalue weighted by atomic mass is 10.1. The van der Waals surface area contributed by atoms with Gasteiger partial charge < -0.3 is 19.7 Å². The van der Waals surface area contributed by atoms with Crippen molar-refractivity contribution in [2.45, 2.75) is 25.3 Å². The molecule has 3 rings (SSSR count). The van der Waals surface area contributed by atoms with Crippen LogP contribution in [-0.4, -0.2) is 70.0 Å². The third-order valence-electron chi connectivity index (χ3n) is 5.42. The Morgan fingerprint density at radius 1 is 1.28 bits per heavy atom. The molecule has 0 radical (unpaired) electrons. The van der Waals surface area contributed by atoms with Gasteiger partial charge in [0.2, 0.25) is 11.8 Å². The number of hydrogen-bond donors (Lipinski definition) is 1. The number of carbonyl (C=O) groups is 2. The predicted octanol–water partition coefficient (Wildman–Crippen LogP) is 1.16. The molecule has 0 aliphatic carbocycles. The van der Waals surface area contributed by atoms with Crippen molar-refractivity contribution in [3.63, 3.8) is 0 Å². The number of rotatable bonds is 7. The zero-order valence-electron chi connectivity index (χ0n) is 16.4. The normalized spacial score (nSPS) is 23.3. The highest BCUT2D eigenvalue weighted by Crippen LogP contribution is 2.33. The molecule has 1 aromatic rings. The second-order valence-electron chi connectivity index (χ2n) is 7.34. The summed E-state index contributed by atoms with van der Waals surface area (Å²) >= 11 is 3.50. The summed E-state index contributed by atoms with van der Waals surface area (Å²) < 4.78 is 34.8. The molecular formula is C19H25BrN2O6S. The minimum atomic E-state index is -3.07. The largest absolute Gasteiger partial charge is 0.493 e. The van der Waals surface area contributed by atoms with E-state index in [9.17, 15) is 18.0 Å². The fourth-order valence-electron chi connectivity index (χ4n) is 3.83. The molecule has 8 nitrogen and oxygen atoms in total. The zero-order valence-corrected chi connectivity index (χ0v) is 18.8. The first-order chi connectivity index (χ1) is 13.7. The molecule has 1 aromatic carbocycles. The molecule has 2 atom stereocenters. The minimum Gasteiger partial charge on any atom is -0.493 e. The van der Waals surface area contributed by atoms with Crippen LogP contribution in [0.15, 0.2) is 16.6 Å². The Kier molecular flexibility index (Phi) is 6.72. The lowest BCUT2D eigenvalue weighted by molar-refractivity contribution is -0.130. The van der Waals surface area contributed by atoms with Crippen molar-refractivity contribution in [1.29, 1.82) is 0 Å². The Morgan fingerprint density at radius 2 is 1.97 bits per heavy atom. The Balaban J connectivity index is 1.53. The maximum absolute atomic E-state index is 12.5. The van der Waals surface area contributed by atoms with E-state index in [0.717, 1.165) is 10.0 Å². The monoisotopic (exact) mass is 488 g/mol. The quantitative estimate of drug-likeness (QED) is 0.617. The molecule has 1 N–H and O–H groups in total. The lowest BCUT2D eigenvalue weighted by Gasteiger charge is -2.23. The van der Waals surface area contributed by atoms with E-state index in [1.807, 2.05) is 12.1 Å². The standard InChI is InChI=1S/C19H25BrN2O6S/c1-27-16-7-12(15(20)9-17(16)28-2)3-5-21-19(24)13-8-18(23)22(10-13)14-4-6-29(25,26)11-14/h7,9,13-14H,3-6,8,10-11H2,1-2H3,(H,21,24)/t13-,14-/m1/s1. The van der Waals surface area contributed by atoms with E-state index in [1.165, 1.54) is 0 Å². The molecule has 29 heavy (non-hydrogen) atoms. The van der Waals surface area contributed by atoms with Gasteiger partial charge in [-0.2, -0.15) is 0 Å². The van der Waals surface area contributed by atoms with Crippen LogP contribution in [0.4, 0.5) is 0 Å². The van der Waals surface area contributed by atoms with Gasteiger partial charge >= 0.3 is 0 Å². The topological polar surface area (TPSA) is 102 Å². The van der Waals surface area contributed by atoms with Crippen LogP contribution in [0.2, 0.25) is 0 Å². The van der Waals surface area contributed by atoms with Crippen LogP contribution in [0.1, 0.15) is 18.4 Å². The number of likely N-dealkylation sites (tertiary alicyclic amines) is 1. The number of sulfone groups is 1. The smallest absolute Gasteiger partial charge is 0.225 e. The van der Waals surface area contributed by atoms with E-state index in [-0.39, 0.29) is 42.3 Å². The van der Waals surface area contributed by atoms with Crippen molar-refractivity contribution in [3.05, 3.63) is 22.2 Å². The van der Waals surface area contributed by atoms with Gasteiger partial charge in [-0.15, -0.1) is 0 Å². The molecule has 0 bridgehead atoms. The average molecular weight is 489 g/mol. The first kappa shape index (κ1) is 21.9. The van der Waals surface area contributed by atoms with E-state index in [0.29, 0.717) is 30.9 Å². The Labute approximate surface area is 179 Å². The van der Waals surface area contributed by atoms with Gasteiger partial charge in [0, 0.05) is 30.0 Å². The van der Waals surface area contributed by atoms with Crippen molar-refractivity contribution >= 4 is 37.6 Å². The molecule has 2 fully saturated rings. The number of nitrogens with one attached hydrogen (secondary N) is 1. The summed E-state index contributed by atoms with van der Waals surface area (Å²) in [7, 11) is 0.0602. The van der Waals surface area contributed by atoms with Crippen LogP contribution < -0.4 is 14.8 Å². The number of hydrogen-bond acceptors (Lipinski definition) is 6. The van der Waals surface area contributed by atoms with Gasteiger partial charge in [-0.1, -0.05) is 15.9 Å². The molecule has 2 aliphatic rings. The molecule has 160 valence electrons. The molecular weight excluding hydrogens is 464 g/mol. The van der Waals surface area contributed by atoms with Crippen LogP contribution in [0.5, 0.6) is 11.5 Å². The summed E-state index contributed by atoms with van der Waals surface area (Å²) in [6.07, 6.45) is 1.16. The number of halogens is 1. The maximum atomic E-state index is 12.5. The number of methoxy groups -OCH3 is 2. The van der Waals surface area contributed by atoms with Gasteiger partial charge in [0.25, 0.3) is 0 Å². The average Bonchev–Trinajstić information content (AvgIpc) is 3.24. The molecule has 10 heteroatoms. The van der Waals surface area contributed by atoms with Gasteiger partial charge in [0.15, 0.2) is 21.3 Å². The van der Waals surface area contributed by atoms with E-state index >= 15 is 0 Å². The Bertz CT molecular complexity index is 904. The van der Waals surface area contributed by atoms with Crippen molar-refractivity contribution in [1.82, 2.24) is 10.2 Å². The van der Waals surface area contributed by atoms with Gasteiger partial charge in [0.1, 0.15) is 0 Å². The Hall–Kier alpha value is -1.81. The summed E-state index contributed by atoms with van der Waals surface area (Å²) in [6, 6.07) is 3.38. The molecule has 0 saturated carbocycles. The number of nitrogens with zero attached hydrogens (tertiary/aromatic N) is 1. The summed E-state index contributed by atoms with van der Waals surface area (Å²) in [4.78, 5) is 26.4. The molecule has 2 saturated heterocycles. The highest BCUT2D eigenvalue weighted by Gasteiger charge is 2.41. The summed E-state index contributed by atoms with van der Waals surface area (Å²) in [5.74, 6) is 0.567. The molecule has 0 unspecified atom stereocenters.